The van der Waals surface area contributed by atoms with Gasteiger partial charge < -0.3 is 48.1 Å². The number of carboxylic acid groups (broad SMARTS) is 1. The quantitative estimate of drug-likeness (QED) is 0.0597. The number of hydrogen-bond donors (Lipinski definition) is 9. The summed E-state index contributed by atoms with van der Waals surface area (Å²) in [4.78, 5) is 81.5. The highest BCUT2D eigenvalue weighted by Gasteiger charge is 2.32. The number of aromatic nitrogens is 1. The first-order valence-electron chi connectivity index (χ1n) is 18.5. The largest absolute Gasteiger partial charge is 0.481 e. The maximum atomic E-state index is 14.2. The minimum atomic E-state index is -1.25. The number of thioether (sulfide) groups is 1. The van der Waals surface area contributed by atoms with Crippen LogP contribution < -0.4 is 38.1 Å². The summed E-state index contributed by atoms with van der Waals surface area (Å²) in [5.74, 6) is -3.21. The Morgan fingerprint density at radius 2 is 1.40 bits per heavy atom. The van der Waals surface area contributed by atoms with Crippen LogP contribution in [0.5, 0.6) is 0 Å². The van der Waals surface area contributed by atoms with Crippen molar-refractivity contribution in [2.24, 2.45) is 17.4 Å². The van der Waals surface area contributed by atoms with Crippen LogP contribution >= 0.6 is 11.8 Å². The number of carboxylic acids is 1. The van der Waals surface area contributed by atoms with Gasteiger partial charge in [0.1, 0.15) is 18.1 Å². The molecule has 5 amide bonds. The monoisotopic (exact) mass is 780 g/mol. The van der Waals surface area contributed by atoms with E-state index in [0.717, 1.165) is 22.9 Å². The number of fused-ring (bicyclic) bond motifs is 1. The number of rotatable bonds is 25. The van der Waals surface area contributed by atoms with Crippen LogP contribution in [0.3, 0.4) is 0 Å². The summed E-state index contributed by atoms with van der Waals surface area (Å²) in [6.07, 6.45) is 4.30. The Morgan fingerprint density at radius 3 is 2.05 bits per heavy atom. The number of nitrogens with two attached hydrogens (primary N) is 2. The third-order valence-corrected chi connectivity index (χ3v) is 9.57. The zero-order valence-electron chi connectivity index (χ0n) is 31.8. The van der Waals surface area contributed by atoms with E-state index < -0.39 is 59.7 Å². The molecule has 0 saturated heterocycles. The molecule has 0 radical (unpaired) electrons. The first-order chi connectivity index (χ1) is 26.3. The Kier molecular flexibility index (Phi) is 18.7. The van der Waals surface area contributed by atoms with Gasteiger partial charge in [0.25, 0.3) is 0 Å². The van der Waals surface area contributed by atoms with Crippen molar-refractivity contribution in [3.8, 4) is 0 Å². The number of H-pyrrole nitrogens is 1. The second kappa shape index (κ2) is 23.1. The van der Waals surface area contributed by atoms with E-state index in [-0.39, 0.29) is 44.7 Å². The Hall–Kier alpha value is -4.93. The van der Waals surface area contributed by atoms with Gasteiger partial charge in [0.15, 0.2) is 0 Å². The Bertz CT molecular complexity index is 1720. The number of carbonyl (C=O) groups excluding carboxylic acids is 5. The number of aliphatic carboxylic acids is 1. The lowest BCUT2D eigenvalue weighted by Gasteiger charge is -2.27. The minimum absolute atomic E-state index is 0.00239. The molecule has 1 aromatic heterocycles. The van der Waals surface area contributed by atoms with Gasteiger partial charge in [-0.15, -0.1) is 0 Å². The van der Waals surface area contributed by atoms with Crippen molar-refractivity contribution in [3.63, 3.8) is 0 Å². The molecule has 1 heterocycles. The molecule has 0 aliphatic rings. The molecule has 16 heteroatoms. The molecule has 0 spiro atoms. The van der Waals surface area contributed by atoms with E-state index in [1.165, 1.54) is 0 Å². The molecule has 2 aromatic carbocycles. The third-order valence-electron chi connectivity index (χ3n) is 8.93. The lowest BCUT2D eigenvalue weighted by Crippen LogP contribution is -2.59. The molecule has 0 fully saturated rings. The molecule has 15 nitrogen and oxygen atoms in total. The van der Waals surface area contributed by atoms with Crippen LogP contribution in [0.25, 0.3) is 10.9 Å². The van der Waals surface area contributed by atoms with Gasteiger partial charge >= 0.3 is 5.97 Å². The summed E-state index contributed by atoms with van der Waals surface area (Å²) in [6.45, 7) is 4.35. The molecule has 0 aliphatic heterocycles. The highest BCUT2D eigenvalue weighted by atomic mass is 32.2. The maximum absolute atomic E-state index is 14.2. The lowest BCUT2D eigenvalue weighted by molar-refractivity contribution is -0.137. The number of para-hydroxylation sites is 1. The zero-order chi connectivity index (χ0) is 40.3. The Balaban J connectivity index is 1.91. The normalized spacial score (nSPS) is 14.0. The number of hydrogen-bond acceptors (Lipinski definition) is 9. The molecule has 55 heavy (non-hydrogen) atoms. The second-order valence-corrected chi connectivity index (χ2v) is 15.0. The molecule has 5 atom stereocenters. The molecular formula is C39H56N8O7S. The van der Waals surface area contributed by atoms with Gasteiger partial charge in [-0.05, 0) is 54.4 Å². The van der Waals surface area contributed by atoms with Crippen molar-refractivity contribution in [2.75, 3.05) is 25.1 Å². The van der Waals surface area contributed by atoms with Gasteiger partial charge in [-0.2, -0.15) is 11.8 Å². The van der Waals surface area contributed by atoms with E-state index in [4.69, 9.17) is 16.6 Å². The number of amides is 5. The van der Waals surface area contributed by atoms with E-state index in [1.807, 2.05) is 36.6 Å². The van der Waals surface area contributed by atoms with Gasteiger partial charge in [-0.1, -0.05) is 62.4 Å². The summed E-state index contributed by atoms with van der Waals surface area (Å²) in [5.41, 5.74) is 14.0. The number of carbonyl (C=O) groups is 6. The fourth-order valence-corrected chi connectivity index (χ4v) is 6.59. The van der Waals surface area contributed by atoms with Gasteiger partial charge in [0, 0.05) is 55.5 Å². The fourth-order valence-electron chi connectivity index (χ4n) is 6.12. The Labute approximate surface area is 326 Å². The summed E-state index contributed by atoms with van der Waals surface area (Å²) in [7, 11) is 0. The van der Waals surface area contributed by atoms with Crippen LogP contribution in [0, 0.1) is 5.92 Å². The minimum Gasteiger partial charge on any atom is -0.481 e. The summed E-state index contributed by atoms with van der Waals surface area (Å²) in [6, 6.07) is 11.9. The number of nitrogens with one attached hydrogen (secondary N) is 6. The van der Waals surface area contributed by atoms with Crippen molar-refractivity contribution in [3.05, 3.63) is 71.9 Å². The molecule has 3 aromatic rings. The van der Waals surface area contributed by atoms with Crippen LogP contribution in [0.15, 0.2) is 60.8 Å². The second-order valence-electron chi connectivity index (χ2n) is 14.0. The van der Waals surface area contributed by atoms with Crippen molar-refractivity contribution in [2.45, 2.75) is 89.0 Å². The molecule has 0 bridgehead atoms. The predicted molar refractivity (Wildman–Crippen MR) is 214 cm³/mol. The van der Waals surface area contributed by atoms with E-state index in [1.54, 1.807) is 42.2 Å². The van der Waals surface area contributed by atoms with E-state index in [2.05, 4.69) is 45.4 Å². The first-order valence-corrected chi connectivity index (χ1v) is 19.9. The van der Waals surface area contributed by atoms with Gasteiger partial charge in [0.2, 0.25) is 29.5 Å². The Morgan fingerprint density at radius 1 is 0.782 bits per heavy atom. The zero-order valence-corrected chi connectivity index (χ0v) is 32.6. The fraction of sp³-hybridized carbons (Fsp3) is 0.487. The van der Waals surface area contributed by atoms with Crippen molar-refractivity contribution < 1.29 is 33.9 Å². The van der Waals surface area contributed by atoms with E-state index in [9.17, 15) is 28.8 Å². The summed E-state index contributed by atoms with van der Waals surface area (Å²) in [5, 5.41) is 24.1. The molecule has 0 unspecified atom stereocenters. The van der Waals surface area contributed by atoms with Crippen LogP contribution in [0.1, 0.15) is 57.1 Å². The highest BCUT2D eigenvalue weighted by molar-refractivity contribution is 7.98. The third kappa shape index (κ3) is 15.8. The maximum Gasteiger partial charge on any atom is 0.305 e. The number of primary amides is 1. The van der Waals surface area contributed by atoms with Crippen LogP contribution in [-0.4, -0.2) is 101 Å². The predicted octanol–water partition coefficient (Wildman–Crippen LogP) is 1.35. The highest BCUT2D eigenvalue weighted by Crippen LogP contribution is 2.20. The first kappa shape index (κ1) is 44.5. The van der Waals surface area contributed by atoms with Gasteiger partial charge in [0.05, 0.1) is 12.5 Å². The van der Waals surface area contributed by atoms with Crippen molar-refractivity contribution >= 4 is 58.2 Å². The van der Waals surface area contributed by atoms with E-state index in [0.29, 0.717) is 30.2 Å². The number of aromatic amines is 1. The standard InChI is InChI=1S/C39H56N8O7S/c1-24(2)19-27(40)23-44-30(16-18-55-3)37(52)45-31(13-14-34(41)48)38(53)47-33(21-26-22-43-29-12-8-7-11-28(26)29)39(54)46-32(20-25-9-5-4-6-10-25)36(51)42-17-15-35(49)50/h4-12,22,24,27,30-33,43-44H,13-21,23,40H2,1-3H3,(H2,41,48)(H,42,51)(H,45,52)(H,46,54)(H,47,53)(H,49,50)/t27-,30-,31-,32-,33-/m0/s1. The summed E-state index contributed by atoms with van der Waals surface area (Å²) >= 11 is 1.56. The van der Waals surface area contributed by atoms with Crippen LogP contribution in [0.4, 0.5) is 0 Å². The summed E-state index contributed by atoms with van der Waals surface area (Å²) < 4.78 is 0. The van der Waals surface area contributed by atoms with Crippen molar-refractivity contribution in [1.29, 1.82) is 0 Å². The lowest BCUT2D eigenvalue weighted by atomic mass is 10.0. The molecule has 3 rings (SSSR count). The molecule has 0 aliphatic carbocycles. The smallest absolute Gasteiger partial charge is 0.305 e. The van der Waals surface area contributed by atoms with E-state index >= 15 is 0 Å². The van der Waals surface area contributed by atoms with Gasteiger partial charge in [-0.25, -0.2) is 0 Å². The SMILES string of the molecule is CSCC[C@H](NC[C@@H](N)CC(C)C)C(=O)N[C@@H](CCC(N)=O)C(=O)N[C@@H](Cc1c[nH]c2ccccc12)C(=O)N[C@@H](Cc1ccccc1)C(=O)NCCC(=O)O. The molecule has 300 valence electrons. The van der Waals surface area contributed by atoms with Gasteiger partial charge in [-0.3, -0.25) is 28.8 Å². The van der Waals surface area contributed by atoms with Crippen molar-refractivity contribution in [1.82, 2.24) is 31.6 Å². The van der Waals surface area contributed by atoms with Crippen LogP contribution in [0.2, 0.25) is 0 Å². The number of benzene rings is 2. The topological polar surface area (TPSA) is 251 Å². The molecular weight excluding hydrogens is 725 g/mol. The average Bonchev–Trinajstić information content (AvgIpc) is 3.55. The molecule has 0 saturated carbocycles. The average molecular weight is 781 g/mol. The van der Waals surface area contributed by atoms with Crippen LogP contribution in [-0.2, 0) is 41.6 Å². The molecule has 11 N–H and O–H groups in total.